The average molecular weight is 370 g/mol. The molecule has 1 saturated heterocycles. The molecule has 2 aliphatic rings. The van der Waals surface area contributed by atoms with E-state index in [9.17, 15) is 8.78 Å². The third kappa shape index (κ3) is 2.83. The highest BCUT2D eigenvalue weighted by molar-refractivity contribution is 5.58. The van der Waals surface area contributed by atoms with Gasteiger partial charge in [0.15, 0.2) is 11.5 Å². The summed E-state index contributed by atoms with van der Waals surface area (Å²) in [7, 11) is 0. The van der Waals surface area contributed by atoms with Crippen LogP contribution in [-0.2, 0) is 0 Å². The number of hydrogen-bond acceptors (Lipinski definition) is 5. The van der Waals surface area contributed by atoms with Crippen LogP contribution in [0.15, 0.2) is 30.9 Å². The number of nitrogens with zero attached hydrogens (tertiary/aromatic N) is 6. The van der Waals surface area contributed by atoms with Crippen molar-refractivity contribution in [2.45, 2.75) is 44.6 Å². The molecule has 2 atom stereocenters. The lowest BCUT2D eigenvalue weighted by Gasteiger charge is -2.38. The van der Waals surface area contributed by atoms with Gasteiger partial charge in [-0.15, -0.1) is 0 Å². The lowest BCUT2D eigenvalue weighted by molar-refractivity contribution is 0.145. The van der Waals surface area contributed by atoms with Crippen LogP contribution >= 0.6 is 0 Å². The molecule has 3 aromatic heterocycles. The minimum atomic E-state index is -2.63. The van der Waals surface area contributed by atoms with E-state index in [1.165, 1.54) is 44.5 Å². The highest BCUT2D eigenvalue weighted by Gasteiger charge is 2.35. The highest BCUT2D eigenvalue weighted by Crippen LogP contribution is 2.38. The van der Waals surface area contributed by atoms with Crippen molar-refractivity contribution in [3.8, 4) is 11.5 Å². The molecule has 3 aromatic rings. The molecule has 0 N–H and O–H groups in total. The summed E-state index contributed by atoms with van der Waals surface area (Å²) >= 11 is 0. The standard InChI is InChI=1S/C19H20F2N6/c20-18(21)13-11-27-15(9-24-17(27)10-23-13)19-22-7-6-16(25-19)26-8-2-4-12-3-1-5-14(12)26/h6-7,9-12,14,18H,1-5,8H2. The minimum absolute atomic E-state index is 0.289. The topological polar surface area (TPSA) is 59.2 Å². The van der Waals surface area contributed by atoms with Crippen LogP contribution in [0.1, 0.15) is 44.2 Å². The quantitative estimate of drug-likeness (QED) is 0.700. The van der Waals surface area contributed by atoms with Crippen molar-refractivity contribution in [2.75, 3.05) is 11.4 Å². The van der Waals surface area contributed by atoms with Gasteiger partial charge in [0.25, 0.3) is 6.43 Å². The van der Waals surface area contributed by atoms with Crippen LogP contribution in [0, 0.1) is 5.92 Å². The Bertz CT molecular complexity index is 972. The van der Waals surface area contributed by atoms with Gasteiger partial charge in [0.05, 0.1) is 12.4 Å². The summed E-state index contributed by atoms with van der Waals surface area (Å²) in [6.45, 7) is 1.00. The predicted molar refractivity (Wildman–Crippen MR) is 96.7 cm³/mol. The molecule has 2 unspecified atom stereocenters. The lowest BCUT2D eigenvalue weighted by Crippen LogP contribution is -2.43. The normalized spacial score (nSPS) is 22.6. The number of rotatable bonds is 3. The molecule has 1 saturated carbocycles. The monoisotopic (exact) mass is 370 g/mol. The summed E-state index contributed by atoms with van der Waals surface area (Å²) in [6, 6.07) is 2.50. The Morgan fingerprint density at radius 2 is 1.93 bits per heavy atom. The molecule has 0 aromatic carbocycles. The van der Waals surface area contributed by atoms with E-state index >= 15 is 0 Å². The number of alkyl halides is 2. The van der Waals surface area contributed by atoms with Crippen LogP contribution in [-0.4, -0.2) is 36.9 Å². The Kier molecular flexibility index (Phi) is 3.98. The first kappa shape index (κ1) is 16.5. The number of aromatic nitrogens is 5. The molecule has 0 spiro atoms. The van der Waals surface area contributed by atoms with Gasteiger partial charge in [0.2, 0.25) is 0 Å². The molecular weight excluding hydrogens is 350 g/mol. The Labute approximate surface area is 155 Å². The molecule has 0 amide bonds. The van der Waals surface area contributed by atoms with Gasteiger partial charge in [-0.25, -0.2) is 28.7 Å². The first-order chi connectivity index (χ1) is 13.2. The molecule has 0 bridgehead atoms. The lowest BCUT2D eigenvalue weighted by atomic mass is 9.92. The van der Waals surface area contributed by atoms with Crippen molar-refractivity contribution in [1.29, 1.82) is 0 Å². The Balaban J connectivity index is 1.54. The van der Waals surface area contributed by atoms with Crippen molar-refractivity contribution < 1.29 is 8.78 Å². The van der Waals surface area contributed by atoms with Crippen LogP contribution in [0.3, 0.4) is 0 Å². The largest absolute Gasteiger partial charge is 0.353 e. The first-order valence-corrected chi connectivity index (χ1v) is 9.42. The zero-order chi connectivity index (χ0) is 18.4. The number of anilines is 1. The van der Waals surface area contributed by atoms with Gasteiger partial charge in [-0.3, -0.25) is 4.40 Å². The second kappa shape index (κ2) is 6.51. The Morgan fingerprint density at radius 1 is 1.04 bits per heavy atom. The van der Waals surface area contributed by atoms with E-state index in [2.05, 4.69) is 19.9 Å². The molecule has 8 heteroatoms. The van der Waals surface area contributed by atoms with E-state index in [0.29, 0.717) is 23.2 Å². The van der Waals surface area contributed by atoms with Gasteiger partial charge in [-0.1, -0.05) is 6.42 Å². The Morgan fingerprint density at radius 3 is 2.81 bits per heavy atom. The van der Waals surface area contributed by atoms with Crippen molar-refractivity contribution >= 4 is 11.5 Å². The molecule has 5 rings (SSSR count). The molecule has 6 nitrogen and oxygen atoms in total. The summed E-state index contributed by atoms with van der Waals surface area (Å²) < 4.78 is 27.7. The minimum Gasteiger partial charge on any atom is -0.353 e. The van der Waals surface area contributed by atoms with Crippen molar-refractivity contribution in [3.05, 3.63) is 36.5 Å². The molecular formula is C19H20F2N6. The number of halogens is 2. The molecule has 140 valence electrons. The fourth-order valence-electron chi connectivity index (χ4n) is 4.55. The van der Waals surface area contributed by atoms with Gasteiger partial charge in [0.1, 0.15) is 17.2 Å². The van der Waals surface area contributed by atoms with Crippen LogP contribution in [0.25, 0.3) is 17.2 Å². The summed E-state index contributed by atoms with van der Waals surface area (Å²) in [5, 5.41) is 0. The average Bonchev–Trinajstić information content (AvgIpc) is 3.34. The van der Waals surface area contributed by atoms with E-state index < -0.39 is 6.43 Å². The summed E-state index contributed by atoms with van der Waals surface area (Å²) in [5.74, 6) is 2.16. The Hall–Kier alpha value is -2.64. The van der Waals surface area contributed by atoms with E-state index in [1.54, 1.807) is 16.8 Å². The highest BCUT2D eigenvalue weighted by atomic mass is 19.3. The van der Waals surface area contributed by atoms with E-state index in [1.807, 2.05) is 6.07 Å². The summed E-state index contributed by atoms with van der Waals surface area (Å²) in [4.78, 5) is 19.6. The van der Waals surface area contributed by atoms with Crippen LogP contribution < -0.4 is 4.90 Å². The fourth-order valence-corrected chi connectivity index (χ4v) is 4.55. The SMILES string of the molecule is FC(F)c1cn2c(-c3nccc(N4CCCC5CCCC54)n3)cnc2cn1. The van der Waals surface area contributed by atoms with Crippen molar-refractivity contribution in [2.24, 2.45) is 5.92 Å². The van der Waals surface area contributed by atoms with Crippen molar-refractivity contribution in [1.82, 2.24) is 24.3 Å². The third-order valence-corrected chi connectivity index (χ3v) is 5.80. The first-order valence-electron chi connectivity index (χ1n) is 9.42. The molecule has 0 radical (unpaired) electrons. The maximum atomic E-state index is 13.0. The maximum absolute atomic E-state index is 13.0. The molecule has 4 heterocycles. The zero-order valence-corrected chi connectivity index (χ0v) is 14.8. The van der Waals surface area contributed by atoms with Crippen LogP contribution in [0.4, 0.5) is 14.6 Å². The number of imidazole rings is 1. The fraction of sp³-hybridized carbons (Fsp3) is 0.474. The smallest absolute Gasteiger partial charge is 0.281 e. The van der Waals surface area contributed by atoms with Gasteiger partial charge in [-0.05, 0) is 37.7 Å². The number of piperidine rings is 1. The second-order valence-electron chi connectivity index (χ2n) is 7.32. The van der Waals surface area contributed by atoms with E-state index in [-0.39, 0.29) is 5.69 Å². The molecule has 1 aliphatic carbocycles. The summed E-state index contributed by atoms with van der Waals surface area (Å²) in [6.07, 6.45) is 9.65. The number of fused-ring (bicyclic) bond motifs is 2. The molecule has 2 fully saturated rings. The molecule has 27 heavy (non-hydrogen) atoms. The van der Waals surface area contributed by atoms with E-state index in [0.717, 1.165) is 18.3 Å². The maximum Gasteiger partial charge on any atom is 0.281 e. The van der Waals surface area contributed by atoms with E-state index in [4.69, 9.17) is 4.98 Å². The van der Waals surface area contributed by atoms with Gasteiger partial charge < -0.3 is 4.90 Å². The van der Waals surface area contributed by atoms with Crippen LogP contribution in [0.5, 0.6) is 0 Å². The zero-order valence-electron chi connectivity index (χ0n) is 14.8. The number of hydrogen-bond donors (Lipinski definition) is 0. The second-order valence-corrected chi connectivity index (χ2v) is 7.32. The van der Waals surface area contributed by atoms with Gasteiger partial charge in [-0.2, -0.15) is 0 Å². The van der Waals surface area contributed by atoms with Gasteiger partial charge >= 0.3 is 0 Å². The van der Waals surface area contributed by atoms with Crippen LogP contribution in [0.2, 0.25) is 0 Å². The summed E-state index contributed by atoms with van der Waals surface area (Å²) in [5.41, 5.74) is 0.802. The van der Waals surface area contributed by atoms with Crippen molar-refractivity contribution in [3.63, 3.8) is 0 Å². The van der Waals surface area contributed by atoms with Gasteiger partial charge in [0, 0.05) is 25.0 Å². The predicted octanol–water partition coefficient (Wildman–Crippen LogP) is 3.89. The molecule has 1 aliphatic heterocycles. The third-order valence-electron chi connectivity index (χ3n) is 5.80.